The summed E-state index contributed by atoms with van der Waals surface area (Å²) in [5.41, 5.74) is 1.21. The van der Waals surface area contributed by atoms with Crippen LogP contribution >= 0.6 is 15.9 Å². The molecule has 118 valence electrons. The van der Waals surface area contributed by atoms with Crippen molar-refractivity contribution in [3.8, 4) is 0 Å². The van der Waals surface area contributed by atoms with Crippen LogP contribution in [0.25, 0.3) is 11.0 Å². The predicted octanol–water partition coefficient (Wildman–Crippen LogP) is 1.78. The van der Waals surface area contributed by atoms with E-state index < -0.39 is 9.84 Å². The van der Waals surface area contributed by atoms with E-state index in [1.54, 1.807) is 11.0 Å². The molecule has 1 saturated heterocycles. The third-order valence-corrected chi connectivity index (χ3v) is 5.94. The summed E-state index contributed by atoms with van der Waals surface area (Å²) in [6.07, 6.45) is 0.600. The molecule has 0 spiro atoms. The van der Waals surface area contributed by atoms with Gasteiger partial charge in [-0.3, -0.25) is 4.79 Å². The summed E-state index contributed by atoms with van der Waals surface area (Å²) in [5.74, 6) is 0.0628. The minimum atomic E-state index is -3.02. The molecule has 22 heavy (non-hydrogen) atoms. The summed E-state index contributed by atoms with van der Waals surface area (Å²) < 4.78 is 29.3. The van der Waals surface area contributed by atoms with Crippen LogP contribution in [0.4, 0.5) is 0 Å². The maximum Gasteiger partial charge on any atom is 0.228 e. The van der Waals surface area contributed by atoms with Crippen LogP contribution in [0.1, 0.15) is 12.1 Å². The fourth-order valence-electron chi connectivity index (χ4n) is 2.53. The van der Waals surface area contributed by atoms with Crippen LogP contribution in [-0.4, -0.2) is 49.0 Å². The van der Waals surface area contributed by atoms with Crippen molar-refractivity contribution in [2.24, 2.45) is 0 Å². The molecule has 0 unspecified atom stereocenters. The Hall–Kier alpha value is -1.41. The lowest BCUT2D eigenvalue weighted by Crippen LogP contribution is -2.34. The Kier molecular flexibility index (Phi) is 4.22. The standard InChI is InChI=1S/C14H15BrN2O4S/c15-10-2-3-13-11(8-10)12(16-21-13)9-14(18)17-4-1-6-22(19,20)7-5-17/h2-3,8H,1,4-7,9H2. The second-order valence-electron chi connectivity index (χ2n) is 5.33. The number of benzene rings is 1. The van der Waals surface area contributed by atoms with Crippen LogP contribution in [0.15, 0.2) is 27.2 Å². The van der Waals surface area contributed by atoms with Gasteiger partial charge in [-0.15, -0.1) is 0 Å². The molecule has 0 radical (unpaired) electrons. The molecular formula is C14H15BrN2O4S. The van der Waals surface area contributed by atoms with Gasteiger partial charge in [-0.2, -0.15) is 0 Å². The van der Waals surface area contributed by atoms with Gasteiger partial charge in [0.15, 0.2) is 15.4 Å². The van der Waals surface area contributed by atoms with Gasteiger partial charge in [0.05, 0.1) is 17.9 Å². The third kappa shape index (κ3) is 3.33. The van der Waals surface area contributed by atoms with Gasteiger partial charge < -0.3 is 9.42 Å². The smallest absolute Gasteiger partial charge is 0.228 e. The molecule has 0 atom stereocenters. The Morgan fingerprint density at radius 2 is 2.14 bits per heavy atom. The van der Waals surface area contributed by atoms with Crippen molar-refractivity contribution in [1.82, 2.24) is 10.1 Å². The number of fused-ring (bicyclic) bond motifs is 1. The van der Waals surface area contributed by atoms with E-state index in [1.807, 2.05) is 12.1 Å². The molecular weight excluding hydrogens is 372 g/mol. The highest BCUT2D eigenvalue weighted by atomic mass is 79.9. The highest BCUT2D eigenvalue weighted by Gasteiger charge is 2.23. The maximum atomic E-state index is 12.4. The molecule has 3 rings (SSSR count). The number of aromatic nitrogens is 1. The third-order valence-electron chi connectivity index (χ3n) is 3.73. The predicted molar refractivity (Wildman–Crippen MR) is 85.3 cm³/mol. The van der Waals surface area contributed by atoms with Gasteiger partial charge in [0.1, 0.15) is 5.69 Å². The van der Waals surface area contributed by atoms with Crippen LogP contribution in [0.5, 0.6) is 0 Å². The zero-order valence-electron chi connectivity index (χ0n) is 11.8. The average molecular weight is 387 g/mol. The fraction of sp³-hybridized carbons (Fsp3) is 0.429. The van der Waals surface area contributed by atoms with Gasteiger partial charge in [0.2, 0.25) is 5.91 Å². The fourth-order valence-corrected chi connectivity index (χ4v) is 4.16. The lowest BCUT2D eigenvalue weighted by molar-refractivity contribution is -0.130. The second kappa shape index (κ2) is 6.00. The first-order valence-electron chi connectivity index (χ1n) is 6.97. The number of hydrogen-bond acceptors (Lipinski definition) is 5. The van der Waals surface area contributed by atoms with E-state index in [0.29, 0.717) is 24.2 Å². The van der Waals surface area contributed by atoms with E-state index in [9.17, 15) is 13.2 Å². The molecule has 1 fully saturated rings. The van der Waals surface area contributed by atoms with Crippen molar-refractivity contribution in [3.05, 3.63) is 28.4 Å². The van der Waals surface area contributed by atoms with E-state index >= 15 is 0 Å². The molecule has 0 N–H and O–H groups in total. The number of halogens is 1. The van der Waals surface area contributed by atoms with E-state index in [-0.39, 0.29) is 30.4 Å². The first-order valence-corrected chi connectivity index (χ1v) is 9.58. The summed E-state index contributed by atoms with van der Waals surface area (Å²) >= 11 is 3.39. The molecule has 0 saturated carbocycles. The summed E-state index contributed by atoms with van der Waals surface area (Å²) in [6, 6.07) is 5.50. The lowest BCUT2D eigenvalue weighted by Gasteiger charge is -2.19. The van der Waals surface area contributed by atoms with Gasteiger partial charge in [-0.25, -0.2) is 8.42 Å². The number of hydrogen-bond donors (Lipinski definition) is 0. The summed E-state index contributed by atoms with van der Waals surface area (Å²) in [6.45, 7) is 0.720. The SMILES string of the molecule is O=C(Cc1noc2ccc(Br)cc12)N1CCCS(=O)(=O)CC1. The maximum absolute atomic E-state index is 12.4. The van der Waals surface area contributed by atoms with Gasteiger partial charge in [0, 0.05) is 22.9 Å². The molecule has 6 nitrogen and oxygen atoms in total. The molecule has 0 bridgehead atoms. The minimum absolute atomic E-state index is 0.0316. The second-order valence-corrected chi connectivity index (χ2v) is 8.55. The topological polar surface area (TPSA) is 80.5 Å². The van der Waals surface area contributed by atoms with Crippen LogP contribution in [0.2, 0.25) is 0 Å². The first-order chi connectivity index (χ1) is 10.4. The lowest BCUT2D eigenvalue weighted by atomic mass is 10.1. The van der Waals surface area contributed by atoms with Gasteiger partial charge >= 0.3 is 0 Å². The molecule has 0 aliphatic carbocycles. The molecule has 1 aliphatic rings. The number of sulfone groups is 1. The van der Waals surface area contributed by atoms with Crippen LogP contribution in [0.3, 0.4) is 0 Å². The van der Waals surface area contributed by atoms with Crippen molar-refractivity contribution in [3.63, 3.8) is 0 Å². The van der Waals surface area contributed by atoms with Crippen molar-refractivity contribution in [2.45, 2.75) is 12.8 Å². The number of amides is 1. The Labute approximate surface area is 136 Å². The summed E-state index contributed by atoms with van der Waals surface area (Å²) in [4.78, 5) is 14.0. The van der Waals surface area contributed by atoms with Crippen molar-refractivity contribution in [1.29, 1.82) is 0 Å². The minimum Gasteiger partial charge on any atom is -0.356 e. The largest absolute Gasteiger partial charge is 0.356 e. The van der Waals surface area contributed by atoms with Gasteiger partial charge in [0.25, 0.3) is 0 Å². The average Bonchev–Trinajstić information content (AvgIpc) is 2.74. The van der Waals surface area contributed by atoms with Crippen LogP contribution in [-0.2, 0) is 21.1 Å². The van der Waals surface area contributed by atoms with Crippen molar-refractivity contribution in [2.75, 3.05) is 24.6 Å². The Morgan fingerprint density at radius 1 is 1.32 bits per heavy atom. The molecule has 8 heteroatoms. The first kappa shape index (κ1) is 15.5. The number of rotatable bonds is 2. The van der Waals surface area contributed by atoms with Gasteiger partial charge in [-0.1, -0.05) is 21.1 Å². The number of nitrogens with zero attached hydrogens (tertiary/aromatic N) is 2. The van der Waals surface area contributed by atoms with E-state index in [0.717, 1.165) is 9.86 Å². The molecule has 1 aromatic heterocycles. The molecule has 1 aromatic carbocycles. The van der Waals surface area contributed by atoms with Crippen molar-refractivity contribution >= 4 is 42.6 Å². The van der Waals surface area contributed by atoms with Crippen LogP contribution < -0.4 is 0 Å². The zero-order valence-corrected chi connectivity index (χ0v) is 14.2. The summed E-state index contributed by atoms with van der Waals surface area (Å²) in [7, 11) is -3.02. The summed E-state index contributed by atoms with van der Waals surface area (Å²) in [5, 5.41) is 4.76. The Bertz CT molecular complexity index is 815. The highest BCUT2D eigenvalue weighted by Crippen LogP contribution is 2.23. The number of carbonyl (C=O) groups excluding carboxylic acids is 1. The van der Waals surface area contributed by atoms with E-state index in [2.05, 4.69) is 21.1 Å². The van der Waals surface area contributed by atoms with E-state index in [4.69, 9.17) is 4.52 Å². The van der Waals surface area contributed by atoms with E-state index in [1.165, 1.54) is 0 Å². The van der Waals surface area contributed by atoms with Gasteiger partial charge in [-0.05, 0) is 24.6 Å². The monoisotopic (exact) mass is 386 g/mol. The molecule has 2 aromatic rings. The van der Waals surface area contributed by atoms with Crippen molar-refractivity contribution < 1.29 is 17.7 Å². The highest BCUT2D eigenvalue weighted by molar-refractivity contribution is 9.10. The Balaban J connectivity index is 1.77. The molecule has 1 amide bonds. The molecule has 1 aliphatic heterocycles. The molecule has 2 heterocycles. The zero-order chi connectivity index (χ0) is 15.7. The Morgan fingerprint density at radius 3 is 2.95 bits per heavy atom. The quantitative estimate of drug-likeness (QED) is 0.785. The van der Waals surface area contributed by atoms with Crippen LogP contribution in [0, 0.1) is 0 Å². The number of carbonyl (C=O) groups is 1. The normalized spacial score (nSPS) is 18.3.